The summed E-state index contributed by atoms with van der Waals surface area (Å²) < 4.78 is 1.58. The molecule has 0 radical (unpaired) electrons. The molecule has 0 atom stereocenters. The lowest BCUT2D eigenvalue weighted by atomic mass is 10.2. The van der Waals surface area contributed by atoms with Crippen molar-refractivity contribution in [3.63, 3.8) is 0 Å². The van der Waals surface area contributed by atoms with E-state index in [2.05, 4.69) is 10.3 Å². The van der Waals surface area contributed by atoms with Crippen molar-refractivity contribution in [3.05, 3.63) is 69.5 Å². The zero-order chi connectivity index (χ0) is 19.2. The van der Waals surface area contributed by atoms with Gasteiger partial charge in [-0.3, -0.25) is 14.2 Å². The molecule has 0 spiro atoms. The van der Waals surface area contributed by atoms with Crippen LogP contribution < -0.4 is 10.9 Å². The van der Waals surface area contributed by atoms with Crippen LogP contribution in [0.25, 0.3) is 10.9 Å². The van der Waals surface area contributed by atoms with Gasteiger partial charge in [0, 0.05) is 11.6 Å². The number of amides is 1. The third kappa shape index (κ3) is 4.70. The summed E-state index contributed by atoms with van der Waals surface area (Å²) >= 11 is 7.53. The lowest BCUT2D eigenvalue weighted by Gasteiger charge is -2.14. The molecule has 0 fully saturated rings. The number of rotatable bonds is 7. The van der Waals surface area contributed by atoms with Crippen LogP contribution in [0.5, 0.6) is 0 Å². The summed E-state index contributed by atoms with van der Waals surface area (Å²) in [5.41, 5.74) is 1.31. The molecule has 0 unspecified atom stereocenters. The molecule has 1 amide bonds. The van der Waals surface area contributed by atoms with Gasteiger partial charge in [0.25, 0.3) is 5.56 Å². The molecule has 3 rings (SSSR count). The van der Waals surface area contributed by atoms with Gasteiger partial charge in [-0.05, 0) is 30.2 Å². The first-order chi connectivity index (χ1) is 13.1. The van der Waals surface area contributed by atoms with E-state index in [4.69, 9.17) is 11.6 Å². The van der Waals surface area contributed by atoms with E-state index < -0.39 is 0 Å². The molecule has 1 heterocycles. The van der Waals surface area contributed by atoms with Crippen LogP contribution in [0.15, 0.2) is 58.5 Å². The Balaban J connectivity index is 1.98. The highest BCUT2D eigenvalue weighted by Gasteiger charge is 2.14. The van der Waals surface area contributed by atoms with Crippen LogP contribution in [0.3, 0.4) is 0 Å². The molecular weight excluding hydrogens is 382 g/mol. The van der Waals surface area contributed by atoms with E-state index in [1.807, 2.05) is 37.3 Å². The normalized spacial score (nSPS) is 10.9. The van der Waals surface area contributed by atoms with E-state index in [1.165, 1.54) is 11.8 Å². The van der Waals surface area contributed by atoms with Gasteiger partial charge in [0.2, 0.25) is 5.91 Å². The Hall–Kier alpha value is -2.31. The van der Waals surface area contributed by atoms with Crippen molar-refractivity contribution in [2.45, 2.75) is 25.0 Å². The summed E-state index contributed by atoms with van der Waals surface area (Å²) in [6.45, 7) is 2.94. The maximum atomic E-state index is 13.0. The van der Waals surface area contributed by atoms with E-state index in [-0.39, 0.29) is 17.2 Å². The van der Waals surface area contributed by atoms with Gasteiger partial charge in [0.15, 0.2) is 5.16 Å². The monoisotopic (exact) mass is 401 g/mol. The fraction of sp³-hybridized carbons (Fsp3) is 0.250. The third-order valence-corrected chi connectivity index (χ3v) is 5.36. The van der Waals surface area contributed by atoms with Crippen LogP contribution in [0.2, 0.25) is 5.02 Å². The minimum atomic E-state index is -0.142. The molecule has 0 aliphatic carbocycles. The average molecular weight is 402 g/mol. The summed E-state index contributed by atoms with van der Waals surface area (Å²) in [4.78, 5) is 29.6. The number of halogens is 1. The Morgan fingerprint density at radius 3 is 2.70 bits per heavy atom. The van der Waals surface area contributed by atoms with Crippen molar-refractivity contribution < 1.29 is 4.79 Å². The summed E-state index contributed by atoms with van der Waals surface area (Å²) in [5.74, 6) is 0.126. The Bertz CT molecular complexity index is 1020. The first-order valence-electron chi connectivity index (χ1n) is 8.72. The zero-order valence-corrected chi connectivity index (χ0v) is 16.5. The van der Waals surface area contributed by atoms with Gasteiger partial charge >= 0.3 is 0 Å². The average Bonchev–Trinajstić information content (AvgIpc) is 2.68. The van der Waals surface area contributed by atoms with Gasteiger partial charge in [-0.1, -0.05) is 60.6 Å². The van der Waals surface area contributed by atoms with Crippen LogP contribution in [-0.4, -0.2) is 27.8 Å². The van der Waals surface area contributed by atoms with Crippen molar-refractivity contribution in [2.75, 3.05) is 12.3 Å². The van der Waals surface area contributed by atoms with E-state index in [9.17, 15) is 9.59 Å². The fourth-order valence-corrected chi connectivity index (χ4v) is 3.66. The largest absolute Gasteiger partial charge is 0.355 e. The van der Waals surface area contributed by atoms with Crippen molar-refractivity contribution in [2.24, 2.45) is 0 Å². The topological polar surface area (TPSA) is 64.0 Å². The smallest absolute Gasteiger partial charge is 0.262 e. The number of nitrogens with zero attached hydrogens (tertiary/aromatic N) is 2. The lowest BCUT2D eigenvalue weighted by Crippen LogP contribution is -2.27. The van der Waals surface area contributed by atoms with Crippen molar-refractivity contribution in [3.8, 4) is 0 Å². The van der Waals surface area contributed by atoms with Crippen LogP contribution >= 0.6 is 23.4 Å². The standard InChI is InChI=1S/C20H20ClN3O2S/c1-2-11-22-18(25)13-27-20-23-17-10-6-4-8-15(17)19(26)24(20)12-14-7-3-5-9-16(14)21/h3-10H,2,11-13H2,1H3,(H,22,25). The second-order valence-electron chi connectivity index (χ2n) is 6.03. The first kappa shape index (κ1) is 19.5. The van der Waals surface area contributed by atoms with Gasteiger partial charge < -0.3 is 5.32 Å². The number of thioether (sulfide) groups is 1. The van der Waals surface area contributed by atoms with Gasteiger partial charge in [0.05, 0.1) is 23.2 Å². The Kier molecular flexibility index (Phi) is 6.53. The summed E-state index contributed by atoms with van der Waals surface area (Å²) in [7, 11) is 0. The maximum Gasteiger partial charge on any atom is 0.262 e. The SMILES string of the molecule is CCCNC(=O)CSc1nc2ccccc2c(=O)n1Cc1ccccc1Cl. The molecule has 0 saturated heterocycles. The van der Waals surface area contributed by atoms with Crippen LogP contribution in [-0.2, 0) is 11.3 Å². The van der Waals surface area contributed by atoms with Crippen molar-refractivity contribution in [1.82, 2.24) is 14.9 Å². The number of benzene rings is 2. The highest BCUT2D eigenvalue weighted by Crippen LogP contribution is 2.21. The predicted octanol–water partition coefficient (Wildman–Crippen LogP) is 3.72. The van der Waals surface area contributed by atoms with Gasteiger partial charge in [-0.2, -0.15) is 0 Å². The number of nitrogens with one attached hydrogen (secondary N) is 1. The Morgan fingerprint density at radius 2 is 1.93 bits per heavy atom. The van der Waals surface area contributed by atoms with Crippen LogP contribution in [0, 0.1) is 0 Å². The zero-order valence-electron chi connectivity index (χ0n) is 14.9. The minimum Gasteiger partial charge on any atom is -0.355 e. The second kappa shape index (κ2) is 9.06. The molecule has 1 N–H and O–H groups in total. The Labute approximate surface area is 166 Å². The van der Waals surface area contributed by atoms with E-state index in [0.717, 1.165) is 12.0 Å². The fourth-order valence-electron chi connectivity index (χ4n) is 2.64. The summed E-state index contributed by atoms with van der Waals surface area (Å²) in [6.07, 6.45) is 0.877. The van der Waals surface area contributed by atoms with Gasteiger partial charge in [-0.25, -0.2) is 4.98 Å². The number of para-hydroxylation sites is 1. The molecule has 0 saturated carbocycles. The quantitative estimate of drug-likeness (QED) is 0.484. The van der Waals surface area contributed by atoms with Crippen LogP contribution in [0.4, 0.5) is 0 Å². The molecule has 3 aromatic rings. The van der Waals surface area contributed by atoms with Crippen molar-refractivity contribution >= 4 is 40.2 Å². The number of carbonyl (C=O) groups is 1. The number of hydrogen-bond donors (Lipinski definition) is 1. The molecule has 2 aromatic carbocycles. The van der Waals surface area contributed by atoms with Gasteiger partial charge in [0.1, 0.15) is 0 Å². The minimum absolute atomic E-state index is 0.0754. The molecule has 0 aliphatic heterocycles. The summed E-state index contributed by atoms with van der Waals surface area (Å²) in [6, 6.07) is 14.6. The van der Waals surface area contributed by atoms with E-state index in [1.54, 1.807) is 22.8 Å². The van der Waals surface area contributed by atoms with E-state index >= 15 is 0 Å². The lowest BCUT2D eigenvalue weighted by molar-refractivity contribution is -0.118. The first-order valence-corrected chi connectivity index (χ1v) is 10.1. The van der Waals surface area contributed by atoms with Crippen LogP contribution in [0.1, 0.15) is 18.9 Å². The maximum absolute atomic E-state index is 13.0. The molecule has 7 heteroatoms. The number of aromatic nitrogens is 2. The van der Waals surface area contributed by atoms with Crippen molar-refractivity contribution in [1.29, 1.82) is 0 Å². The number of carbonyl (C=O) groups excluding carboxylic acids is 1. The highest BCUT2D eigenvalue weighted by atomic mass is 35.5. The summed E-state index contributed by atoms with van der Waals surface area (Å²) in [5, 5.41) is 4.48. The van der Waals surface area contributed by atoms with Gasteiger partial charge in [-0.15, -0.1) is 0 Å². The Morgan fingerprint density at radius 1 is 1.19 bits per heavy atom. The number of fused-ring (bicyclic) bond motifs is 1. The second-order valence-corrected chi connectivity index (χ2v) is 7.38. The molecule has 5 nitrogen and oxygen atoms in total. The molecule has 0 aliphatic rings. The number of hydrogen-bond acceptors (Lipinski definition) is 4. The molecular formula is C20H20ClN3O2S. The van der Waals surface area contributed by atoms with E-state index in [0.29, 0.717) is 34.2 Å². The highest BCUT2D eigenvalue weighted by molar-refractivity contribution is 7.99. The molecule has 0 bridgehead atoms. The molecule has 140 valence electrons. The molecule has 1 aromatic heterocycles. The molecule has 27 heavy (non-hydrogen) atoms. The third-order valence-electron chi connectivity index (χ3n) is 4.02. The predicted molar refractivity (Wildman–Crippen MR) is 111 cm³/mol.